The summed E-state index contributed by atoms with van der Waals surface area (Å²) in [6.45, 7) is 5.63. The fourth-order valence-electron chi connectivity index (χ4n) is 4.37. The van der Waals surface area contributed by atoms with Crippen molar-refractivity contribution in [1.29, 1.82) is 0 Å². The van der Waals surface area contributed by atoms with Gasteiger partial charge in [-0.1, -0.05) is 113 Å². The maximum absolute atomic E-state index is 2.55. The summed E-state index contributed by atoms with van der Waals surface area (Å²) in [6, 6.07) is 28.8. The van der Waals surface area contributed by atoms with Gasteiger partial charge in [-0.3, -0.25) is 0 Å². The number of para-hydroxylation sites is 1. The van der Waals surface area contributed by atoms with Gasteiger partial charge in [0.25, 0.3) is 0 Å². The van der Waals surface area contributed by atoms with Crippen LogP contribution in [-0.4, -0.2) is 6.54 Å². The Morgan fingerprint density at radius 3 is 1.94 bits per heavy atom. The summed E-state index contributed by atoms with van der Waals surface area (Å²) in [4.78, 5) is 2.55. The Kier molecular flexibility index (Phi) is 9.70. The smallest absolute Gasteiger partial charge is 0.0493 e. The van der Waals surface area contributed by atoms with Crippen molar-refractivity contribution in [2.75, 3.05) is 11.4 Å². The molecule has 3 aromatic carbocycles. The molecule has 3 rings (SSSR count). The van der Waals surface area contributed by atoms with Gasteiger partial charge in [-0.15, -0.1) is 0 Å². The normalized spacial score (nSPS) is 10.9. The number of rotatable bonds is 13. The van der Waals surface area contributed by atoms with Crippen LogP contribution in [0.25, 0.3) is 11.1 Å². The third-order valence-electron chi connectivity index (χ3n) is 6.08. The van der Waals surface area contributed by atoms with Crippen LogP contribution in [-0.2, 0) is 6.42 Å². The van der Waals surface area contributed by atoms with Gasteiger partial charge in [0.05, 0.1) is 0 Å². The molecule has 0 amide bonds. The van der Waals surface area contributed by atoms with Gasteiger partial charge in [-0.2, -0.15) is 0 Å². The van der Waals surface area contributed by atoms with E-state index in [0.717, 1.165) is 13.0 Å². The molecule has 0 aliphatic heterocycles. The number of benzene rings is 3. The number of aryl methyl sites for hydroxylation is 1. The first kappa shape index (κ1) is 23.1. The quantitative estimate of drug-likeness (QED) is 0.252. The SMILES string of the molecule is CCCCCCCCN(c1ccccc1)c1cccc(CCCC)c1-c1ccccc1. The van der Waals surface area contributed by atoms with Crippen LogP contribution in [0.1, 0.15) is 70.8 Å². The Labute approximate surface area is 190 Å². The molecule has 1 nitrogen and oxygen atoms in total. The van der Waals surface area contributed by atoms with Crippen molar-refractivity contribution in [3.8, 4) is 11.1 Å². The van der Waals surface area contributed by atoms with Crippen molar-refractivity contribution in [2.45, 2.75) is 71.6 Å². The molecule has 0 fully saturated rings. The van der Waals surface area contributed by atoms with E-state index < -0.39 is 0 Å². The Bertz CT molecular complexity index is 869. The molecule has 0 spiro atoms. The van der Waals surface area contributed by atoms with Gasteiger partial charge < -0.3 is 4.90 Å². The van der Waals surface area contributed by atoms with E-state index >= 15 is 0 Å². The van der Waals surface area contributed by atoms with E-state index in [1.807, 2.05) is 0 Å². The van der Waals surface area contributed by atoms with E-state index in [4.69, 9.17) is 0 Å². The molecule has 1 heteroatoms. The minimum atomic E-state index is 1.06. The van der Waals surface area contributed by atoms with Crippen molar-refractivity contribution in [2.24, 2.45) is 0 Å². The Morgan fingerprint density at radius 1 is 0.581 bits per heavy atom. The Morgan fingerprint density at radius 2 is 1.23 bits per heavy atom. The lowest BCUT2D eigenvalue weighted by molar-refractivity contribution is 0.609. The van der Waals surface area contributed by atoms with Gasteiger partial charge in [0.2, 0.25) is 0 Å². The molecule has 0 radical (unpaired) electrons. The Balaban J connectivity index is 1.95. The highest BCUT2D eigenvalue weighted by molar-refractivity contribution is 5.85. The Hall–Kier alpha value is -2.54. The van der Waals surface area contributed by atoms with Gasteiger partial charge in [-0.05, 0) is 48.6 Å². The maximum Gasteiger partial charge on any atom is 0.0493 e. The standard InChI is InChI=1S/C30H39N/c1-3-5-7-8-9-16-25-31(28-22-14-11-15-23-28)29-24-17-21-26(18-6-4-2)30(29)27-19-12-10-13-20-27/h10-15,17,19-24H,3-9,16,18,25H2,1-2H3. The summed E-state index contributed by atoms with van der Waals surface area (Å²) in [5.41, 5.74) is 6.84. The molecular weight excluding hydrogens is 374 g/mol. The highest BCUT2D eigenvalue weighted by atomic mass is 15.1. The zero-order chi connectivity index (χ0) is 21.7. The van der Waals surface area contributed by atoms with Crippen LogP contribution in [0, 0.1) is 0 Å². The zero-order valence-corrected chi connectivity index (χ0v) is 19.5. The predicted molar refractivity (Wildman–Crippen MR) is 137 cm³/mol. The van der Waals surface area contributed by atoms with Crippen molar-refractivity contribution < 1.29 is 0 Å². The molecule has 0 N–H and O–H groups in total. The first-order valence-electron chi connectivity index (χ1n) is 12.3. The molecule has 0 saturated heterocycles. The van der Waals surface area contributed by atoms with Gasteiger partial charge >= 0.3 is 0 Å². The summed E-state index contributed by atoms with van der Waals surface area (Å²) in [5, 5.41) is 0. The molecular formula is C30H39N. The third kappa shape index (κ3) is 6.72. The fourth-order valence-corrected chi connectivity index (χ4v) is 4.37. The zero-order valence-electron chi connectivity index (χ0n) is 19.5. The fraction of sp³-hybridized carbons (Fsp3) is 0.400. The summed E-state index contributed by atoms with van der Waals surface area (Å²) in [5.74, 6) is 0. The van der Waals surface area contributed by atoms with E-state index in [0.29, 0.717) is 0 Å². The lowest BCUT2D eigenvalue weighted by atomic mass is 9.93. The highest BCUT2D eigenvalue weighted by Crippen LogP contribution is 2.38. The summed E-state index contributed by atoms with van der Waals surface area (Å²) >= 11 is 0. The number of hydrogen-bond acceptors (Lipinski definition) is 1. The minimum absolute atomic E-state index is 1.06. The van der Waals surface area contributed by atoms with Gasteiger partial charge in [-0.25, -0.2) is 0 Å². The van der Waals surface area contributed by atoms with Gasteiger partial charge in [0.15, 0.2) is 0 Å². The molecule has 0 heterocycles. The molecule has 0 unspecified atom stereocenters. The largest absolute Gasteiger partial charge is 0.341 e. The number of hydrogen-bond donors (Lipinski definition) is 0. The van der Waals surface area contributed by atoms with E-state index in [1.54, 1.807) is 0 Å². The van der Waals surface area contributed by atoms with Crippen molar-refractivity contribution >= 4 is 11.4 Å². The van der Waals surface area contributed by atoms with Crippen LogP contribution in [0.5, 0.6) is 0 Å². The number of unbranched alkanes of at least 4 members (excludes halogenated alkanes) is 6. The molecule has 3 aromatic rings. The average Bonchev–Trinajstić information content (AvgIpc) is 2.83. The minimum Gasteiger partial charge on any atom is -0.341 e. The van der Waals surface area contributed by atoms with Crippen LogP contribution >= 0.6 is 0 Å². The summed E-state index contributed by atoms with van der Waals surface area (Å²) in [6.07, 6.45) is 11.5. The van der Waals surface area contributed by atoms with Crippen molar-refractivity contribution in [1.82, 2.24) is 0 Å². The lowest BCUT2D eigenvalue weighted by Gasteiger charge is -2.29. The van der Waals surface area contributed by atoms with E-state index in [2.05, 4.69) is 97.6 Å². The van der Waals surface area contributed by atoms with Crippen LogP contribution in [0.3, 0.4) is 0 Å². The van der Waals surface area contributed by atoms with Crippen LogP contribution in [0.2, 0.25) is 0 Å². The first-order valence-corrected chi connectivity index (χ1v) is 12.3. The molecule has 0 bridgehead atoms. The lowest BCUT2D eigenvalue weighted by Crippen LogP contribution is -2.19. The maximum atomic E-state index is 2.55. The van der Waals surface area contributed by atoms with E-state index in [9.17, 15) is 0 Å². The van der Waals surface area contributed by atoms with Crippen LogP contribution < -0.4 is 4.90 Å². The molecule has 0 saturated carbocycles. The molecule has 31 heavy (non-hydrogen) atoms. The van der Waals surface area contributed by atoms with E-state index in [1.165, 1.54) is 79.4 Å². The van der Waals surface area contributed by atoms with Crippen molar-refractivity contribution in [3.63, 3.8) is 0 Å². The second-order valence-electron chi connectivity index (χ2n) is 8.54. The molecule has 0 aliphatic carbocycles. The number of nitrogens with zero attached hydrogens (tertiary/aromatic N) is 1. The van der Waals surface area contributed by atoms with Crippen molar-refractivity contribution in [3.05, 3.63) is 84.4 Å². The highest BCUT2D eigenvalue weighted by Gasteiger charge is 2.17. The number of anilines is 2. The van der Waals surface area contributed by atoms with Crippen LogP contribution in [0.15, 0.2) is 78.9 Å². The van der Waals surface area contributed by atoms with Gasteiger partial charge in [0.1, 0.15) is 0 Å². The molecule has 0 aromatic heterocycles. The third-order valence-corrected chi connectivity index (χ3v) is 6.08. The first-order chi connectivity index (χ1) is 15.3. The molecule has 164 valence electrons. The predicted octanol–water partition coefficient (Wildman–Crippen LogP) is 9.19. The topological polar surface area (TPSA) is 3.24 Å². The second kappa shape index (κ2) is 13.0. The van der Waals surface area contributed by atoms with E-state index in [-0.39, 0.29) is 0 Å². The molecule has 0 aliphatic rings. The summed E-state index contributed by atoms with van der Waals surface area (Å²) in [7, 11) is 0. The second-order valence-corrected chi connectivity index (χ2v) is 8.54. The molecule has 0 atom stereocenters. The monoisotopic (exact) mass is 413 g/mol. The average molecular weight is 414 g/mol. The van der Waals surface area contributed by atoms with Crippen LogP contribution in [0.4, 0.5) is 11.4 Å². The van der Waals surface area contributed by atoms with Gasteiger partial charge in [0, 0.05) is 23.5 Å². The summed E-state index contributed by atoms with van der Waals surface area (Å²) < 4.78 is 0.